The van der Waals surface area contributed by atoms with E-state index in [1.807, 2.05) is 11.8 Å². The molecule has 0 aliphatic heterocycles. The molecule has 0 bridgehead atoms. The Morgan fingerprint density at radius 1 is 1.50 bits per heavy atom. The number of thioether (sulfide) groups is 1. The minimum absolute atomic E-state index is 0.666. The van der Waals surface area contributed by atoms with Gasteiger partial charge in [-0.05, 0) is 18.6 Å². The fourth-order valence-electron chi connectivity index (χ4n) is 0.930. The van der Waals surface area contributed by atoms with Crippen LogP contribution in [0.3, 0.4) is 0 Å². The molecule has 0 amide bonds. The molecule has 0 saturated heterocycles. The highest BCUT2D eigenvalue weighted by molar-refractivity contribution is 7.99. The van der Waals surface area contributed by atoms with Gasteiger partial charge < -0.3 is 0 Å². The Labute approximate surface area is 67.8 Å². The van der Waals surface area contributed by atoms with E-state index in [0.29, 0.717) is 17.6 Å². The third kappa shape index (κ3) is 3.79. The average molecular weight is 157 g/mol. The maximum absolute atomic E-state index is 8.33. The van der Waals surface area contributed by atoms with Gasteiger partial charge >= 0.3 is 0 Å². The van der Waals surface area contributed by atoms with Gasteiger partial charge in [-0.2, -0.15) is 17.0 Å². The van der Waals surface area contributed by atoms with Gasteiger partial charge in [0.15, 0.2) is 0 Å². The van der Waals surface area contributed by atoms with Crippen LogP contribution >= 0.6 is 11.8 Å². The van der Waals surface area contributed by atoms with Gasteiger partial charge in [0.25, 0.3) is 0 Å². The van der Waals surface area contributed by atoms with Crippen LogP contribution in [0.25, 0.3) is 0 Å². The Morgan fingerprint density at radius 2 is 2.10 bits per heavy atom. The Bertz CT molecular complexity index is 115. The molecule has 0 aromatic heterocycles. The second-order valence-electron chi connectivity index (χ2n) is 2.71. The normalized spacial score (nSPS) is 13.1. The molecule has 0 spiro atoms. The van der Waals surface area contributed by atoms with Crippen LogP contribution in [0.2, 0.25) is 0 Å². The second kappa shape index (κ2) is 5.61. The van der Waals surface area contributed by atoms with Gasteiger partial charge in [0.2, 0.25) is 0 Å². The zero-order chi connectivity index (χ0) is 7.98. The van der Waals surface area contributed by atoms with Crippen molar-refractivity contribution in [2.24, 2.45) is 5.92 Å². The first-order valence-electron chi connectivity index (χ1n) is 3.62. The molecule has 0 aliphatic carbocycles. The highest BCUT2D eigenvalue weighted by Crippen LogP contribution is 2.20. The van der Waals surface area contributed by atoms with E-state index in [9.17, 15) is 0 Å². The van der Waals surface area contributed by atoms with E-state index in [0.717, 1.165) is 6.42 Å². The first-order chi connectivity index (χ1) is 4.72. The lowest BCUT2D eigenvalue weighted by molar-refractivity contribution is 0.580. The lowest BCUT2D eigenvalue weighted by atomic mass is 10.1. The van der Waals surface area contributed by atoms with Crippen molar-refractivity contribution in [3.8, 4) is 6.07 Å². The summed E-state index contributed by atoms with van der Waals surface area (Å²) in [4.78, 5) is 0. The van der Waals surface area contributed by atoms with Gasteiger partial charge in [-0.15, -0.1) is 0 Å². The van der Waals surface area contributed by atoms with Gasteiger partial charge in [0, 0.05) is 11.7 Å². The monoisotopic (exact) mass is 157 g/mol. The van der Waals surface area contributed by atoms with E-state index < -0.39 is 0 Å². The topological polar surface area (TPSA) is 23.8 Å². The third-order valence-corrected chi connectivity index (χ3v) is 2.97. The predicted molar refractivity (Wildman–Crippen MR) is 47.0 cm³/mol. The molecule has 0 aromatic carbocycles. The molecular formula is C8H15NS. The number of nitriles is 1. The van der Waals surface area contributed by atoms with E-state index in [2.05, 4.69) is 26.2 Å². The van der Waals surface area contributed by atoms with Crippen LogP contribution in [0, 0.1) is 17.2 Å². The number of hydrogen-bond donors (Lipinski definition) is 0. The highest BCUT2D eigenvalue weighted by Gasteiger charge is 2.09. The van der Waals surface area contributed by atoms with Crippen LogP contribution in [0.4, 0.5) is 0 Å². The molecule has 1 atom stereocenters. The standard InChI is InChI=1S/C8H15NS/c1-7(2)8(10-3)5-4-6-9/h7-8H,4-5H2,1-3H3. The largest absolute Gasteiger partial charge is 0.198 e. The quantitative estimate of drug-likeness (QED) is 0.626. The van der Waals surface area contributed by atoms with Crippen LogP contribution in [0.15, 0.2) is 0 Å². The van der Waals surface area contributed by atoms with Crippen molar-refractivity contribution < 1.29 is 0 Å². The molecule has 0 aliphatic rings. The van der Waals surface area contributed by atoms with Crippen molar-refractivity contribution in [1.29, 1.82) is 5.26 Å². The van der Waals surface area contributed by atoms with Gasteiger partial charge in [-0.25, -0.2) is 0 Å². The molecule has 2 heteroatoms. The minimum atomic E-state index is 0.666. The first-order valence-corrected chi connectivity index (χ1v) is 4.91. The van der Waals surface area contributed by atoms with E-state index in [1.165, 1.54) is 0 Å². The summed E-state index contributed by atoms with van der Waals surface area (Å²) < 4.78 is 0. The number of rotatable bonds is 4. The molecule has 58 valence electrons. The fourth-order valence-corrected chi connectivity index (χ4v) is 1.83. The van der Waals surface area contributed by atoms with Crippen molar-refractivity contribution in [3.63, 3.8) is 0 Å². The maximum atomic E-state index is 8.33. The molecule has 0 heterocycles. The SMILES string of the molecule is CSC(CCC#N)C(C)C. The van der Waals surface area contributed by atoms with Crippen molar-refractivity contribution >= 4 is 11.8 Å². The molecule has 1 nitrogen and oxygen atoms in total. The zero-order valence-electron chi connectivity index (χ0n) is 6.92. The molecule has 0 saturated carbocycles. The molecule has 0 N–H and O–H groups in total. The summed E-state index contributed by atoms with van der Waals surface area (Å²) in [5.74, 6) is 0.698. The predicted octanol–water partition coefficient (Wildman–Crippen LogP) is 2.68. The summed E-state index contributed by atoms with van der Waals surface area (Å²) in [5.41, 5.74) is 0. The summed E-state index contributed by atoms with van der Waals surface area (Å²) in [6.45, 7) is 4.41. The van der Waals surface area contributed by atoms with Crippen LogP contribution in [-0.4, -0.2) is 11.5 Å². The summed E-state index contributed by atoms with van der Waals surface area (Å²) in [5, 5.41) is 9.00. The van der Waals surface area contributed by atoms with Crippen molar-refractivity contribution in [2.75, 3.05) is 6.26 Å². The van der Waals surface area contributed by atoms with Crippen LogP contribution in [0.1, 0.15) is 26.7 Å². The van der Waals surface area contributed by atoms with Crippen molar-refractivity contribution in [2.45, 2.75) is 31.9 Å². The van der Waals surface area contributed by atoms with Gasteiger partial charge in [-0.3, -0.25) is 0 Å². The number of nitrogens with zero attached hydrogens (tertiary/aromatic N) is 1. The van der Waals surface area contributed by atoms with Crippen LogP contribution < -0.4 is 0 Å². The third-order valence-electron chi connectivity index (χ3n) is 1.59. The Hall–Kier alpha value is -0.160. The zero-order valence-corrected chi connectivity index (χ0v) is 7.74. The molecule has 0 aromatic rings. The Kier molecular flexibility index (Phi) is 5.52. The summed E-state index contributed by atoms with van der Waals surface area (Å²) in [6, 6.07) is 2.17. The van der Waals surface area contributed by atoms with Gasteiger partial charge in [0.05, 0.1) is 6.07 Å². The molecule has 0 radical (unpaired) electrons. The Balaban J connectivity index is 3.52. The molecule has 0 rings (SSSR count). The van der Waals surface area contributed by atoms with E-state index in [4.69, 9.17) is 5.26 Å². The molecule has 1 unspecified atom stereocenters. The van der Waals surface area contributed by atoms with E-state index in [-0.39, 0.29) is 0 Å². The number of hydrogen-bond acceptors (Lipinski definition) is 2. The highest BCUT2D eigenvalue weighted by atomic mass is 32.2. The lowest BCUT2D eigenvalue weighted by Crippen LogP contribution is -2.09. The lowest BCUT2D eigenvalue weighted by Gasteiger charge is -2.15. The summed E-state index contributed by atoms with van der Waals surface area (Å²) in [7, 11) is 0. The molecule has 0 fully saturated rings. The minimum Gasteiger partial charge on any atom is -0.198 e. The van der Waals surface area contributed by atoms with Crippen molar-refractivity contribution in [3.05, 3.63) is 0 Å². The summed E-state index contributed by atoms with van der Waals surface area (Å²) in [6.07, 6.45) is 3.85. The van der Waals surface area contributed by atoms with Crippen molar-refractivity contribution in [1.82, 2.24) is 0 Å². The summed E-state index contributed by atoms with van der Waals surface area (Å²) >= 11 is 1.87. The molecular weight excluding hydrogens is 142 g/mol. The smallest absolute Gasteiger partial charge is 0.0622 e. The van der Waals surface area contributed by atoms with Crippen LogP contribution in [-0.2, 0) is 0 Å². The van der Waals surface area contributed by atoms with E-state index >= 15 is 0 Å². The average Bonchev–Trinajstić information content (AvgIpc) is 1.89. The Morgan fingerprint density at radius 3 is 2.40 bits per heavy atom. The van der Waals surface area contributed by atoms with Crippen LogP contribution in [0.5, 0.6) is 0 Å². The van der Waals surface area contributed by atoms with Gasteiger partial charge in [0.1, 0.15) is 0 Å². The fraction of sp³-hybridized carbons (Fsp3) is 0.875. The maximum Gasteiger partial charge on any atom is 0.0622 e. The van der Waals surface area contributed by atoms with E-state index in [1.54, 1.807) is 0 Å². The second-order valence-corrected chi connectivity index (χ2v) is 3.79. The molecule has 10 heavy (non-hydrogen) atoms. The van der Waals surface area contributed by atoms with Gasteiger partial charge in [-0.1, -0.05) is 13.8 Å². The first kappa shape index (κ1) is 9.84.